The summed E-state index contributed by atoms with van der Waals surface area (Å²) in [7, 11) is 3.17. The molecule has 0 spiro atoms. The molecule has 0 radical (unpaired) electrons. The molecule has 35 heavy (non-hydrogen) atoms. The van der Waals surface area contributed by atoms with Crippen LogP contribution in [0.5, 0.6) is 11.5 Å². The van der Waals surface area contributed by atoms with Gasteiger partial charge < -0.3 is 14.8 Å². The first kappa shape index (κ1) is 25.1. The van der Waals surface area contributed by atoms with Crippen molar-refractivity contribution in [1.29, 1.82) is 5.26 Å². The SMILES string of the molecule is COc1cc(OC)cc(-c2nc(SCC(=O)Nc3sc4c(c3C#N)CC[C@@H](C(C)(C)C)C4)n[nH]2)c1. The van der Waals surface area contributed by atoms with Gasteiger partial charge in [0.2, 0.25) is 11.1 Å². The number of thiophene rings is 1. The number of anilines is 1. The molecule has 1 amide bonds. The summed E-state index contributed by atoms with van der Waals surface area (Å²) in [6.45, 7) is 6.79. The second kappa shape index (κ2) is 10.3. The van der Waals surface area contributed by atoms with E-state index in [-0.39, 0.29) is 17.1 Å². The van der Waals surface area contributed by atoms with Crippen LogP contribution in [0.4, 0.5) is 5.00 Å². The second-order valence-electron chi connectivity index (χ2n) is 9.53. The summed E-state index contributed by atoms with van der Waals surface area (Å²) in [6.07, 6.45) is 2.91. The van der Waals surface area contributed by atoms with E-state index in [1.54, 1.807) is 20.3 Å². The van der Waals surface area contributed by atoms with Crippen LogP contribution in [0.15, 0.2) is 23.4 Å². The first-order valence-electron chi connectivity index (χ1n) is 11.3. The van der Waals surface area contributed by atoms with Crippen LogP contribution in [0.25, 0.3) is 11.4 Å². The number of hydrogen-bond donors (Lipinski definition) is 2. The van der Waals surface area contributed by atoms with E-state index in [0.29, 0.717) is 39.0 Å². The smallest absolute Gasteiger partial charge is 0.235 e. The Labute approximate surface area is 213 Å². The van der Waals surface area contributed by atoms with Gasteiger partial charge in [-0.25, -0.2) is 4.98 Å². The minimum absolute atomic E-state index is 0.136. The number of aromatic nitrogens is 3. The van der Waals surface area contributed by atoms with E-state index in [9.17, 15) is 10.1 Å². The van der Waals surface area contributed by atoms with Gasteiger partial charge in [-0.15, -0.1) is 16.4 Å². The van der Waals surface area contributed by atoms with Gasteiger partial charge in [0.25, 0.3) is 0 Å². The standard InChI is InChI=1S/C25H29N5O3S2/c1-25(2,3)15-6-7-18-19(12-26)23(35-20(18)10-15)27-21(31)13-34-24-28-22(29-30-24)14-8-16(32-4)11-17(9-14)33-5/h8-9,11,15H,6-7,10,13H2,1-5H3,(H,27,31)(H,28,29,30)/t15-/m1/s1. The number of nitrogens with one attached hydrogen (secondary N) is 2. The number of methoxy groups -OCH3 is 2. The molecule has 1 atom stereocenters. The molecule has 8 nitrogen and oxygen atoms in total. The zero-order chi connectivity index (χ0) is 25.2. The van der Waals surface area contributed by atoms with Crippen LogP contribution in [-0.2, 0) is 17.6 Å². The molecule has 3 aromatic rings. The highest BCUT2D eigenvalue weighted by molar-refractivity contribution is 7.99. The fourth-order valence-electron chi connectivity index (χ4n) is 4.21. The first-order valence-corrected chi connectivity index (χ1v) is 13.1. The molecule has 2 heterocycles. The highest BCUT2D eigenvalue weighted by Gasteiger charge is 2.32. The molecule has 1 aromatic carbocycles. The summed E-state index contributed by atoms with van der Waals surface area (Å²) in [4.78, 5) is 18.4. The molecule has 0 unspecified atom stereocenters. The van der Waals surface area contributed by atoms with Crippen molar-refractivity contribution in [3.8, 4) is 29.0 Å². The lowest BCUT2D eigenvalue weighted by atomic mass is 9.72. The van der Waals surface area contributed by atoms with Crippen LogP contribution >= 0.6 is 23.1 Å². The van der Waals surface area contributed by atoms with Gasteiger partial charge in [0, 0.05) is 16.5 Å². The van der Waals surface area contributed by atoms with Gasteiger partial charge in [-0.2, -0.15) is 5.26 Å². The number of H-pyrrole nitrogens is 1. The number of ether oxygens (including phenoxy) is 2. The van der Waals surface area contributed by atoms with Gasteiger partial charge in [-0.3, -0.25) is 9.89 Å². The van der Waals surface area contributed by atoms with Crippen LogP contribution in [0.2, 0.25) is 0 Å². The highest BCUT2D eigenvalue weighted by Crippen LogP contribution is 2.44. The molecule has 1 aliphatic carbocycles. The lowest BCUT2D eigenvalue weighted by Crippen LogP contribution is -2.26. The predicted molar refractivity (Wildman–Crippen MR) is 138 cm³/mol. The van der Waals surface area contributed by atoms with Crippen molar-refractivity contribution >= 4 is 34.0 Å². The topological polar surface area (TPSA) is 113 Å². The van der Waals surface area contributed by atoms with Crippen molar-refractivity contribution in [3.63, 3.8) is 0 Å². The van der Waals surface area contributed by atoms with Crippen molar-refractivity contribution < 1.29 is 14.3 Å². The summed E-state index contributed by atoms with van der Waals surface area (Å²) in [5.41, 5.74) is 2.71. The number of thioether (sulfide) groups is 1. The number of fused-ring (bicyclic) bond motifs is 1. The summed E-state index contributed by atoms with van der Waals surface area (Å²) in [5, 5.41) is 20.9. The van der Waals surface area contributed by atoms with E-state index in [0.717, 1.165) is 30.4 Å². The number of nitrogens with zero attached hydrogens (tertiary/aromatic N) is 3. The molecule has 1 aliphatic rings. The molecule has 2 N–H and O–H groups in total. The Morgan fingerprint density at radius 3 is 2.63 bits per heavy atom. The fraction of sp³-hybridized carbons (Fsp3) is 0.440. The third-order valence-corrected chi connectivity index (χ3v) is 8.29. The number of nitriles is 1. The number of amides is 1. The van der Waals surface area contributed by atoms with Crippen LogP contribution in [0.1, 0.15) is 43.2 Å². The Bertz CT molecular complexity index is 1250. The molecule has 0 aliphatic heterocycles. The van der Waals surface area contributed by atoms with Crippen LogP contribution in [-0.4, -0.2) is 41.1 Å². The van der Waals surface area contributed by atoms with Gasteiger partial charge >= 0.3 is 0 Å². The van der Waals surface area contributed by atoms with Crippen LogP contribution in [0.3, 0.4) is 0 Å². The quantitative estimate of drug-likeness (QED) is 0.414. The number of carbonyl (C=O) groups excluding carboxylic acids is 1. The van der Waals surface area contributed by atoms with Gasteiger partial charge in [0.1, 0.15) is 22.6 Å². The number of benzene rings is 1. The molecule has 184 valence electrons. The monoisotopic (exact) mass is 511 g/mol. The highest BCUT2D eigenvalue weighted by atomic mass is 32.2. The fourth-order valence-corrected chi connectivity index (χ4v) is 6.10. The molecule has 2 aromatic heterocycles. The molecule has 0 fully saturated rings. The van der Waals surface area contributed by atoms with Gasteiger partial charge in [0.15, 0.2) is 5.82 Å². The van der Waals surface area contributed by atoms with Crippen molar-refractivity contribution in [2.24, 2.45) is 11.3 Å². The van der Waals surface area contributed by atoms with Crippen LogP contribution in [0, 0.1) is 22.7 Å². The number of aromatic amines is 1. The number of rotatable bonds is 7. The summed E-state index contributed by atoms with van der Waals surface area (Å²) < 4.78 is 10.6. The van der Waals surface area contributed by atoms with Gasteiger partial charge in [-0.1, -0.05) is 32.5 Å². The largest absolute Gasteiger partial charge is 0.497 e. The minimum atomic E-state index is -0.188. The molecule has 4 rings (SSSR count). The molecule has 0 bridgehead atoms. The zero-order valence-corrected chi connectivity index (χ0v) is 22.2. The van der Waals surface area contributed by atoms with E-state index >= 15 is 0 Å². The molecule has 10 heteroatoms. The Kier molecular flexibility index (Phi) is 7.38. The van der Waals surface area contributed by atoms with E-state index < -0.39 is 0 Å². The molecular formula is C25H29N5O3S2. The maximum absolute atomic E-state index is 12.7. The van der Waals surface area contributed by atoms with Gasteiger partial charge in [-0.05, 0) is 48.3 Å². The van der Waals surface area contributed by atoms with E-state index in [2.05, 4.69) is 47.3 Å². The molecule has 0 saturated carbocycles. The zero-order valence-electron chi connectivity index (χ0n) is 20.5. The third kappa shape index (κ3) is 5.63. The Morgan fingerprint density at radius 2 is 2.00 bits per heavy atom. The summed E-state index contributed by atoms with van der Waals surface area (Å²) in [6, 6.07) is 7.75. The maximum atomic E-state index is 12.7. The second-order valence-corrected chi connectivity index (χ2v) is 11.6. The molecular weight excluding hydrogens is 482 g/mol. The number of hydrogen-bond acceptors (Lipinski definition) is 8. The van der Waals surface area contributed by atoms with E-state index in [1.807, 2.05) is 12.1 Å². The van der Waals surface area contributed by atoms with E-state index in [4.69, 9.17) is 9.47 Å². The Morgan fingerprint density at radius 1 is 1.29 bits per heavy atom. The molecule has 0 saturated heterocycles. The normalized spacial score (nSPS) is 15.3. The van der Waals surface area contributed by atoms with Crippen molar-refractivity contribution in [1.82, 2.24) is 15.2 Å². The van der Waals surface area contributed by atoms with Crippen molar-refractivity contribution in [2.75, 3.05) is 25.3 Å². The van der Waals surface area contributed by atoms with E-state index in [1.165, 1.54) is 28.0 Å². The average molecular weight is 512 g/mol. The maximum Gasteiger partial charge on any atom is 0.235 e. The summed E-state index contributed by atoms with van der Waals surface area (Å²) >= 11 is 2.77. The minimum Gasteiger partial charge on any atom is -0.497 e. The lowest BCUT2D eigenvalue weighted by Gasteiger charge is -2.33. The van der Waals surface area contributed by atoms with Crippen molar-refractivity contribution in [3.05, 3.63) is 34.2 Å². The van der Waals surface area contributed by atoms with Crippen LogP contribution < -0.4 is 14.8 Å². The Hall–Kier alpha value is -3.03. The lowest BCUT2D eigenvalue weighted by molar-refractivity contribution is -0.113. The third-order valence-electron chi connectivity index (χ3n) is 6.28. The summed E-state index contributed by atoms with van der Waals surface area (Å²) in [5.74, 6) is 2.36. The predicted octanol–water partition coefficient (Wildman–Crippen LogP) is 5.30. The number of carbonyl (C=O) groups is 1. The first-order chi connectivity index (χ1) is 16.7. The van der Waals surface area contributed by atoms with Crippen molar-refractivity contribution in [2.45, 2.75) is 45.2 Å². The average Bonchev–Trinajstić information content (AvgIpc) is 3.45. The van der Waals surface area contributed by atoms with Gasteiger partial charge in [0.05, 0.1) is 25.5 Å². The Balaban J connectivity index is 1.41.